The van der Waals surface area contributed by atoms with Crippen LogP contribution in [0.25, 0.3) is 10.9 Å². The van der Waals surface area contributed by atoms with E-state index >= 15 is 43.2 Å². The number of likely N-dealkylation sites (N-methyl/N-ethyl adjacent to an activating group) is 5. The number of carboxylic acids is 1. The molecule has 16 N–H and O–H groups in total. The van der Waals surface area contributed by atoms with Gasteiger partial charge in [-0.25, -0.2) is 0 Å². The Morgan fingerprint density at radius 2 is 0.835 bits per heavy atom. The second-order valence-corrected chi connectivity index (χ2v) is 34.3. The lowest BCUT2D eigenvalue weighted by molar-refractivity contribution is -0.151. The van der Waals surface area contributed by atoms with Crippen LogP contribution in [0.15, 0.2) is 194 Å². The first-order valence-corrected chi connectivity index (χ1v) is 44.7. The molecular formula is C96H116N16O20S. The van der Waals surface area contributed by atoms with Gasteiger partial charge in [-0.3, -0.25) is 76.7 Å². The van der Waals surface area contributed by atoms with E-state index in [4.69, 9.17) is 5.73 Å². The molecule has 36 nitrogen and oxygen atoms in total. The van der Waals surface area contributed by atoms with Crippen molar-refractivity contribution in [3.8, 4) is 17.2 Å². The van der Waals surface area contributed by atoms with E-state index in [-0.39, 0.29) is 68.6 Å². The Labute approximate surface area is 774 Å². The van der Waals surface area contributed by atoms with E-state index in [1.807, 2.05) is 6.92 Å². The summed E-state index contributed by atoms with van der Waals surface area (Å²) in [5.41, 5.74) is 9.34. The lowest BCUT2D eigenvalue weighted by Crippen LogP contribution is -2.61. The van der Waals surface area contributed by atoms with Crippen molar-refractivity contribution >= 4 is 117 Å². The number of fused-ring (bicyclic) bond motifs is 1. The minimum Gasteiger partial charge on any atom is -0.508 e. The number of benzene rings is 7. The van der Waals surface area contributed by atoms with E-state index in [1.54, 1.807) is 135 Å². The van der Waals surface area contributed by atoms with E-state index in [0.29, 0.717) is 62.7 Å². The summed E-state index contributed by atoms with van der Waals surface area (Å²) in [5, 5.41) is 66.0. The van der Waals surface area contributed by atoms with Gasteiger partial charge in [-0.2, -0.15) is 0 Å². The van der Waals surface area contributed by atoms with Crippen LogP contribution in [0, 0.1) is 5.92 Å². The first-order valence-electron chi connectivity index (χ1n) is 43.5. The number of nitrogens with one attached hydrogen (secondary N) is 10. The Hall–Kier alpha value is -14.7. The van der Waals surface area contributed by atoms with E-state index in [1.165, 1.54) is 108 Å². The van der Waals surface area contributed by atoms with Crippen LogP contribution < -0.4 is 53.6 Å². The molecule has 11 atom stereocenters. The first-order chi connectivity index (χ1) is 63.4. The third kappa shape index (κ3) is 30.5. The maximum Gasteiger partial charge on any atom is 0.305 e. The zero-order chi connectivity index (χ0) is 96.7. The standard InChI is InChI=1S/C96H116N16O20S/c1-9-10-30-77-94(130)109(5)54-82(118)101-73(50-84(120)121)90(126)107-85(57(2)3)96(132)111(7)78(47-59-24-16-12-17-25-59)91(127)105-74(46-63-35-41-67(115)42-36-63)92(128)108(4)53-81(117)100-72(49-64-51-98-69-29-21-20-28-68(64)69)89(125)104-70(43-61-31-37-65(113)38-32-61)87(123)103-71(44-62-33-39-66(114)40-34-62)88(124)106-76(86(122)99-52-80(97)116)55-133-56-83(119)102-75(45-58-22-14-11-15-23-58)93(129)112(8)79(95(131)110(77)6)48-60-26-18-13-19-27-60/h11-29,31-42,51,57,70-79,85,98,113-115H,9-10,30,43-50,52-56H2,1-8H3,(H2,97,116)(H,99,122)(H,100,117)(H,101,118)(H,102,119)(H,103,123)(H,104,125)(H,105,127)(H,106,124)(H,107,126)(H,120,121)/t70-,71-,72-,73-,74-,75-,76-,77-,78-,79-,85-/m0/s1. The fraction of sp³-hybridized carbons (Fsp3) is 0.375. The molecule has 37 heteroatoms. The molecule has 0 saturated carbocycles. The fourth-order valence-electron chi connectivity index (χ4n) is 15.3. The van der Waals surface area contributed by atoms with Crippen LogP contribution in [0.2, 0.25) is 0 Å². The van der Waals surface area contributed by atoms with Crippen LogP contribution in [0.1, 0.15) is 85.4 Å². The van der Waals surface area contributed by atoms with E-state index in [0.717, 1.165) is 36.3 Å². The summed E-state index contributed by atoms with van der Waals surface area (Å²) in [5.74, 6) is -17.9. The number of phenols is 3. The number of para-hydroxylation sites is 1. The molecule has 15 amide bonds. The van der Waals surface area contributed by atoms with Gasteiger partial charge in [0.2, 0.25) is 88.6 Å². The van der Waals surface area contributed by atoms with E-state index in [9.17, 15) is 54.0 Å². The van der Waals surface area contributed by atoms with Gasteiger partial charge in [-0.1, -0.05) is 179 Å². The third-order valence-electron chi connectivity index (χ3n) is 22.7. The minimum absolute atomic E-state index is 0.0179. The molecule has 2 heterocycles. The number of rotatable bonds is 23. The molecule has 1 saturated heterocycles. The van der Waals surface area contributed by atoms with Crippen molar-refractivity contribution in [3.63, 3.8) is 0 Å². The minimum atomic E-state index is -1.92. The molecule has 1 aromatic heterocycles. The molecule has 0 spiro atoms. The summed E-state index contributed by atoms with van der Waals surface area (Å²) in [7, 11) is 6.49. The van der Waals surface area contributed by atoms with Crippen LogP contribution in [0.3, 0.4) is 0 Å². The Morgan fingerprint density at radius 3 is 1.33 bits per heavy atom. The molecule has 1 aliphatic rings. The van der Waals surface area contributed by atoms with Gasteiger partial charge in [0.05, 0.1) is 31.8 Å². The molecular weight excluding hydrogens is 1730 g/mol. The summed E-state index contributed by atoms with van der Waals surface area (Å²) in [4.78, 5) is 245. The Balaban J connectivity index is 1.13. The van der Waals surface area contributed by atoms with Gasteiger partial charge < -0.3 is 103 Å². The number of carbonyl (C=O) groups is 16. The molecule has 7 aromatic carbocycles. The molecule has 1 fully saturated rings. The Morgan fingerprint density at radius 1 is 0.429 bits per heavy atom. The number of hydrogen-bond acceptors (Lipinski definition) is 20. The molecule has 1 aliphatic heterocycles. The maximum absolute atomic E-state index is 15.6. The third-order valence-corrected chi connectivity index (χ3v) is 23.8. The van der Waals surface area contributed by atoms with E-state index < -0.39 is 205 Å². The lowest BCUT2D eigenvalue weighted by atomic mass is 9.98. The smallest absolute Gasteiger partial charge is 0.305 e. The summed E-state index contributed by atoms with van der Waals surface area (Å²) in [6.45, 7) is 2.58. The highest BCUT2D eigenvalue weighted by molar-refractivity contribution is 8.00. The summed E-state index contributed by atoms with van der Waals surface area (Å²) in [6.07, 6.45) is -0.401. The van der Waals surface area contributed by atoms with Gasteiger partial charge in [-0.15, -0.1) is 11.8 Å². The number of carbonyl (C=O) groups excluding carboxylic acids is 15. The highest BCUT2D eigenvalue weighted by atomic mass is 32.2. The van der Waals surface area contributed by atoms with Gasteiger partial charge in [0.1, 0.15) is 83.7 Å². The topological polar surface area (TPSA) is 520 Å². The Kier molecular flexibility index (Phi) is 37.9. The SMILES string of the molecule is CCCC[C@H]1C(=O)N(C)CC(=O)N[C@@H](CC(=O)O)C(=O)N[C@@H](C(C)C)C(=O)N(C)[C@@H](Cc2ccccc2)C(=O)N[C@@H](Cc2ccc(O)cc2)C(=O)N(C)CC(=O)N[C@@H](Cc2c[nH]c3ccccc23)C(=O)N[C@@H](Cc2ccc(O)cc2)C(=O)N[C@@H](Cc2ccc(O)cc2)C(=O)N[C@H](C(=O)NCC(N)=O)CSCC(=O)N[C@@H](Cc2ccccc2)C(=O)N(C)[C@@H](Cc2ccccc2)C(=O)N1C. The molecule has 0 bridgehead atoms. The number of amides is 15. The number of carboxylic acid groups (broad SMARTS) is 1. The number of unbranched alkanes of at least 4 members (excludes halogenated alkanes) is 1. The summed E-state index contributed by atoms with van der Waals surface area (Å²) in [6, 6.07) is 32.0. The number of thioether (sulfide) groups is 1. The maximum atomic E-state index is 15.6. The van der Waals surface area contributed by atoms with Crippen molar-refractivity contribution in [1.82, 2.24) is 77.3 Å². The van der Waals surface area contributed by atoms with Crippen molar-refractivity contribution in [3.05, 3.63) is 233 Å². The van der Waals surface area contributed by atoms with Gasteiger partial charge >= 0.3 is 5.97 Å². The predicted molar refractivity (Wildman–Crippen MR) is 494 cm³/mol. The van der Waals surface area contributed by atoms with Crippen molar-refractivity contribution in [1.29, 1.82) is 0 Å². The molecule has 0 aliphatic carbocycles. The van der Waals surface area contributed by atoms with Crippen molar-refractivity contribution < 1.29 is 97.1 Å². The van der Waals surface area contributed by atoms with Crippen LogP contribution in [0.5, 0.6) is 17.2 Å². The highest BCUT2D eigenvalue weighted by Gasteiger charge is 2.42. The van der Waals surface area contributed by atoms with Crippen LogP contribution in [-0.2, 0) is 122 Å². The molecule has 133 heavy (non-hydrogen) atoms. The van der Waals surface area contributed by atoms with Gasteiger partial charge in [-0.05, 0) is 93.7 Å². The molecule has 0 radical (unpaired) electrons. The zero-order valence-corrected chi connectivity index (χ0v) is 76.1. The average Bonchev–Trinajstić information content (AvgIpc) is 1.77. The van der Waals surface area contributed by atoms with Crippen molar-refractivity contribution in [2.45, 2.75) is 158 Å². The molecule has 706 valence electrons. The fourth-order valence-corrected chi connectivity index (χ4v) is 16.2. The zero-order valence-electron chi connectivity index (χ0n) is 75.3. The number of aromatic nitrogens is 1. The van der Waals surface area contributed by atoms with Gasteiger partial charge in [0.25, 0.3) is 0 Å². The number of nitrogens with two attached hydrogens (primary N) is 1. The van der Waals surface area contributed by atoms with Gasteiger partial charge in [0, 0.05) is 103 Å². The van der Waals surface area contributed by atoms with Crippen LogP contribution in [0.4, 0.5) is 0 Å². The molecule has 9 rings (SSSR count). The average molecular weight is 1850 g/mol. The van der Waals surface area contributed by atoms with Gasteiger partial charge in [0.15, 0.2) is 0 Å². The predicted octanol–water partition coefficient (Wildman–Crippen LogP) is 2.23. The second kappa shape index (κ2) is 49.4. The number of aliphatic carboxylic acids is 1. The number of phenolic OH excluding ortho intramolecular Hbond substituents is 3. The number of H-pyrrole nitrogens is 1. The quantitative estimate of drug-likeness (QED) is 0.0436. The van der Waals surface area contributed by atoms with Crippen LogP contribution in [-0.4, -0.2) is 277 Å². The van der Waals surface area contributed by atoms with Crippen molar-refractivity contribution in [2.75, 3.05) is 66.4 Å². The number of aromatic amines is 1. The monoisotopic (exact) mass is 1840 g/mol. The number of primary amides is 1. The molecule has 0 unspecified atom stereocenters. The summed E-state index contributed by atoms with van der Waals surface area (Å²) >= 11 is 0.793. The van der Waals surface area contributed by atoms with E-state index in [2.05, 4.69) is 52.8 Å². The Bertz CT molecular complexity index is 5400. The number of hydrogen-bond donors (Lipinski definition) is 15. The summed E-state index contributed by atoms with van der Waals surface area (Å²) < 4.78 is 0. The molecule has 8 aromatic rings. The number of aromatic hydroxyl groups is 3. The lowest BCUT2D eigenvalue weighted by Gasteiger charge is -2.37. The highest BCUT2D eigenvalue weighted by Crippen LogP contribution is 2.25. The number of nitrogens with zero attached hydrogens (tertiary/aromatic N) is 5. The second-order valence-electron chi connectivity index (χ2n) is 33.3. The first kappa shape index (κ1) is 102. The normalized spacial score (nSPS) is 21.5. The van der Waals surface area contributed by atoms with Crippen molar-refractivity contribution in [2.24, 2.45) is 11.7 Å². The van der Waals surface area contributed by atoms with Crippen LogP contribution >= 0.6 is 11.8 Å². The largest absolute Gasteiger partial charge is 0.508 e.